The summed E-state index contributed by atoms with van der Waals surface area (Å²) in [7, 11) is 0. The molecule has 0 N–H and O–H groups in total. The summed E-state index contributed by atoms with van der Waals surface area (Å²) in [6.45, 7) is 14.9. The predicted octanol–water partition coefficient (Wildman–Crippen LogP) is 18.6. The third-order valence-electron chi connectivity index (χ3n) is 26.8. The zero-order valence-corrected chi connectivity index (χ0v) is 79.7. The van der Waals surface area contributed by atoms with Crippen LogP contribution >= 0.6 is 57.7 Å². The molecule has 16 heterocycles. The van der Waals surface area contributed by atoms with E-state index < -0.39 is 0 Å². The minimum Gasteiger partial charge on any atom is -0.336 e. The Kier molecular flexibility index (Phi) is 27.1. The van der Waals surface area contributed by atoms with Gasteiger partial charge in [0.1, 0.15) is 22.6 Å². The normalized spacial score (nSPS) is 16.2. The van der Waals surface area contributed by atoms with Crippen LogP contribution in [-0.2, 0) is 26.2 Å². The third-order valence-corrected chi connectivity index (χ3v) is 28.6. The van der Waals surface area contributed by atoms with Gasteiger partial charge in [-0.2, -0.15) is 10.2 Å². The van der Waals surface area contributed by atoms with Crippen LogP contribution in [0.4, 0.5) is 0 Å². The summed E-state index contributed by atoms with van der Waals surface area (Å²) in [6.07, 6.45) is 31.0. The van der Waals surface area contributed by atoms with Gasteiger partial charge in [0.15, 0.2) is 10.7 Å². The van der Waals surface area contributed by atoms with Crippen LogP contribution < -0.4 is 0 Å². The predicted molar refractivity (Wildman–Crippen MR) is 537 cm³/mol. The number of nitrogens with zero attached hydrogens (tertiary/aromatic N) is 23. The zero-order chi connectivity index (χ0) is 93.7. The van der Waals surface area contributed by atoms with Gasteiger partial charge < -0.3 is 32.8 Å². The summed E-state index contributed by atoms with van der Waals surface area (Å²) in [5, 5.41) is 12.9. The number of fused-ring (bicyclic) bond motifs is 4. The van der Waals surface area contributed by atoms with Crippen LogP contribution in [-0.4, -0.2) is 240 Å². The number of pyridine rings is 4. The SMILES string of the molecule is O=C(c1ccncc1)N1CCN(Cc2c(-c3ccc(Cl)cc3)nc3cnc(C4CC4)cn23)CC1.O=C(c1ccnnc1)N1CCN(Cc2c(-c3ccc(Cl)cc3)nc3ccc(C4CC4)cn23)CC1.O=C(c1cnccn1)N1CCN(Cc2c(-c3ccc(Cl)cc3)nc3ccc(C4CC4)cn23)CC1.O=C(c1nccs1)N1CCN(Cc2c(-c3ccc(Cl)cc3)nc3ccc(-c4ccccc4)cn23)CC1. The molecule has 696 valence electrons. The number of thiazole rings is 1. The number of hydrogen-bond donors (Lipinski definition) is 0. The quantitative estimate of drug-likeness (QED) is 0.0687. The summed E-state index contributed by atoms with van der Waals surface area (Å²) >= 11 is 26.0. The molecule has 4 saturated heterocycles. The molecule has 7 fully saturated rings. The molecule has 4 aliphatic heterocycles. The third kappa shape index (κ3) is 20.9. The molecule has 7 aliphatic rings. The lowest BCUT2D eigenvalue weighted by Crippen LogP contribution is -2.48. The van der Waals surface area contributed by atoms with Crippen LogP contribution in [0.3, 0.4) is 0 Å². The molecule has 138 heavy (non-hydrogen) atoms. The fourth-order valence-electron chi connectivity index (χ4n) is 18.6. The number of carbonyl (C=O) groups excluding carboxylic acids is 4. The molecule has 4 amide bonds. The molecule has 17 aromatic rings. The summed E-state index contributed by atoms with van der Waals surface area (Å²) < 4.78 is 8.94. The number of benzene rings is 5. The number of amides is 4. The van der Waals surface area contributed by atoms with Crippen LogP contribution in [0.15, 0.2) is 268 Å². The Morgan fingerprint density at radius 3 is 1.12 bits per heavy atom. The molecule has 0 atom stereocenters. The van der Waals surface area contributed by atoms with Crippen molar-refractivity contribution in [2.24, 2.45) is 0 Å². The van der Waals surface area contributed by atoms with Crippen molar-refractivity contribution in [3.05, 3.63) is 349 Å². The van der Waals surface area contributed by atoms with E-state index in [9.17, 15) is 19.2 Å². The van der Waals surface area contributed by atoms with Crippen molar-refractivity contribution in [2.75, 3.05) is 105 Å². The Hall–Kier alpha value is -13.4. The second-order valence-corrected chi connectivity index (χ2v) is 38.6. The number of halogens is 4. The lowest BCUT2D eigenvalue weighted by molar-refractivity contribution is 0.0615. The Labute approximate surface area is 822 Å². The number of rotatable bonds is 20. The fraction of sp³-hybridized carbons (Fsp3) is 0.274. The van der Waals surface area contributed by atoms with E-state index in [0.29, 0.717) is 107 Å². The molecule has 3 saturated carbocycles. The Morgan fingerprint density at radius 2 is 0.703 bits per heavy atom. The van der Waals surface area contributed by atoms with Crippen molar-refractivity contribution in [3.63, 3.8) is 0 Å². The maximum Gasteiger partial charge on any atom is 0.282 e. The van der Waals surface area contributed by atoms with E-state index in [0.717, 1.165) is 174 Å². The van der Waals surface area contributed by atoms with Crippen molar-refractivity contribution in [2.45, 2.75) is 82.5 Å². The van der Waals surface area contributed by atoms with E-state index in [1.807, 2.05) is 134 Å². The van der Waals surface area contributed by atoms with Crippen molar-refractivity contribution >= 4 is 104 Å². The molecule has 24 rings (SSSR count). The minimum atomic E-state index is -0.0570. The fourth-order valence-corrected chi connectivity index (χ4v) is 19.7. The summed E-state index contributed by atoms with van der Waals surface area (Å²) in [4.78, 5) is 109. The van der Waals surface area contributed by atoms with Crippen LogP contribution in [0.2, 0.25) is 20.1 Å². The standard InChI is InChI=1S/C28H24ClN5OS.3C26H25ClN6O/c29-23-9-6-21(7-10-23)26-24(19-32-13-15-33(16-14-32)28(35)27-30-12-17-36-27)34-18-22(8-11-25(34)31-26)20-4-2-1-3-5-20;27-22-6-3-19(4-7-22)25-23(33-16-21(18-1-2-18)5-8-24(33)30-25)17-31-11-13-32(14-12-31)26(34)20-9-10-28-29-15-20;27-21-6-3-19(4-7-21)25-23(33-16-20(18-1-2-18)5-8-24(33)30-25)17-31-11-13-32(14-12-31)26(34)22-15-28-9-10-29-22;27-21-5-3-19(4-6-21)25-23(33-16-22(18-1-2-18)29-15-24(33)30-25)17-31-11-13-32(14-12-31)26(34)20-7-9-28-10-8-20/h1-12,17-18H,13-16,19H2;3*3-10,15-16,18H,1-2,11-14,17H2. The smallest absolute Gasteiger partial charge is 0.282 e. The van der Waals surface area contributed by atoms with Crippen molar-refractivity contribution in [3.8, 4) is 56.2 Å². The van der Waals surface area contributed by atoms with Crippen LogP contribution in [0.25, 0.3) is 78.7 Å². The lowest BCUT2D eigenvalue weighted by Gasteiger charge is -2.34. The van der Waals surface area contributed by atoms with E-state index in [2.05, 4.69) is 158 Å². The van der Waals surface area contributed by atoms with Crippen molar-refractivity contribution in [1.29, 1.82) is 0 Å². The van der Waals surface area contributed by atoms with Gasteiger partial charge in [-0.05, 0) is 164 Å². The molecule has 0 unspecified atom stereocenters. The van der Waals surface area contributed by atoms with Gasteiger partial charge in [-0.25, -0.2) is 29.9 Å². The Morgan fingerprint density at radius 1 is 0.304 bits per heavy atom. The van der Waals surface area contributed by atoms with Crippen LogP contribution in [0.5, 0.6) is 0 Å². The first-order valence-corrected chi connectivity index (χ1v) is 49.4. The molecule has 32 heteroatoms. The van der Waals surface area contributed by atoms with E-state index in [1.54, 1.807) is 55.4 Å². The van der Waals surface area contributed by atoms with E-state index >= 15 is 0 Å². The van der Waals surface area contributed by atoms with Gasteiger partial charge >= 0.3 is 0 Å². The molecule has 5 aromatic carbocycles. The number of piperazine rings is 4. The molecule has 12 aromatic heterocycles. The maximum atomic E-state index is 12.8. The highest BCUT2D eigenvalue weighted by Crippen LogP contribution is 2.44. The zero-order valence-electron chi connectivity index (χ0n) is 75.9. The number of carbonyl (C=O) groups is 4. The second kappa shape index (κ2) is 41.1. The molecular weight excluding hydrogens is 1830 g/mol. The number of hydrogen-bond acceptors (Lipinski definition) is 20. The van der Waals surface area contributed by atoms with Gasteiger partial charge in [0.2, 0.25) is 0 Å². The molecule has 0 radical (unpaired) electrons. The largest absolute Gasteiger partial charge is 0.336 e. The number of imidazole rings is 4. The molecule has 0 spiro atoms. The summed E-state index contributed by atoms with van der Waals surface area (Å²) in [5.74, 6) is 1.97. The van der Waals surface area contributed by atoms with Gasteiger partial charge in [0.05, 0.1) is 81.6 Å². The summed E-state index contributed by atoms with van der Waals surface area (Å²) in [6, 6.07) is 60.1. The van der Waals surface area contributed by atoms with Crippen LogP contribution in [0, 0.1) is 0 Å². The molecule has 27 nitrogen and oxygen atoms in total. The first-order valence-electron chi connectivity index (χ1n) is 47.0. The summed E-state index contributed by atoms with van der Waals surface area (Å²) in [5.41, 5.74) is 24.3. The molecular formula is C106H99Cl4N23O4S. The van der Waals surface area contributed by atoms with Gasteiger partial charge in [-0.15, -0.1) is 11.3 Å². The van der Waals surface area contributed by atoms with Gasteiger partial charge in [0.25, 0.3) is 23.6 Å². The lowest BCUT2D eigenvalue weighted by atomic mass is 10.1. The second-order valence-electron chi connectivity index (χ2n) is 36.0. The van der Waals surface area contributed by atoms with E-state index in [-0.39, 0.29) is 23.6 Å². The first-order chi connectivity index (χ1) is 67.6. The van der Waals surface area contributed by atoms with Crippen molar-refractivity contribution < 1.29 is 19.2 Å². The van der Waals surface area contributed by atoms with Gasteiger partial charge in [-0.1, -0.05) is 137 Å². The molecule has 0 bridgehead atoms. The van der Waals surface area contributed by atoms with Gasteiger partial charge in [0, 0.05) is 246 Å². The van der Waals surface area contributed by atoms with Crippen molar-refractivity contribution in [1.82, 2.24) is 112 Å². The average molecular weight is 1930 g/mol. The minimum absolute atomic E-state index is 0.0141. The van der Waals surface area contributed by atoms with Crippen LogP contribution in [0.1, 0.15) is 137 Å². The van der Waals surface area contributed by atoms with E-state index in [1.165, 1.54) is 90.3 Å². The van der Waals surface area contributed by atoms with E-state index in [4.69, 9.17) is 66.3 Å². The molecule has 3 aliphatic carbocycles. The number of aromatic nitrogens is 15. The monoisotopic (exact) mass is 1930 g/mol. The van der Waals surface area contributed by atoms with Gasteiger partial charge in [-0.3, -0.25) is 58.1 Å². The Bertz CT molecular complexity index is 6690. The highest BCUT2D eigenvalue weighted by Gasteiger charge is 2.34. The average Bonchev–Trinajstić information content (AvgIpc) is 1.63. The maximum absolute atomic E-state index is 12.8. The first kappa shape index (κ1) is 91.0. The topological polar surface area (TPSA) is 254 Å². The highest BCUT2D eigenvalue weighted by atomic mass is 35.5. The Balaban J connectivity index is 0.000000110. The highest BCUT2D eigenvalue weighted by molar-refractivity contribution is 7.11.